The average molecular weight is 304 g/mol. The summed E-state index contributed by atoms with van der Waals surface area (Å²) in [6.07, 6.45) is 3.58. The summed E-state index contributed by atoms with van der Waals surface area (Å²) in [5, 5.41) is 3.58. The molecule has 0 bridgehead atoms. The van der Waals surface area contributed by atoms with Gasteiger partial charge in [-0.1, -0.05) is 6.07 Å². The highest BCUT2D eigenvalue weighted by atomic mass is 32.1. The molecule has 0 atom stereocenters. The van der Waals surface area contributed by atoms with Gasteiger partial charge in [-0.15, -0.1) is 11.3 Å². The largest absolute Gasteiger partial charge is 0.421 e. The van der Waals surface area contributed by atoms with Crippen molar-refractivity contribution in [3.05, 3.63) is 30.4 Å². The molecule has 0 unspecified atom stereocenters. The maximum atomic E-state index is 5.80. The molecule has 7 heteroatoms. The molecule has 2 aliphatic heterocycles. The van der Waals surface area contributed by atoms with Crippen LogP contribution in [0.2, 0.25) is 0 Å². The lowest BCUT2D eigenvalue weighted by Gasteiger charge is -2.25. The van der Waals surface area contributed by atoms with Gasteiger partial charge in [0.15, 0.2) is 5.76 Å². The fraction of sp³-hybridized carbons (Fsp3) is 0.357. The zero-order valence-corrected chi connectivity index (χ0v) is 12.1. The topological polar surface area (TPSA) is 60.1 Å². The van der Waals surface area contributed by atoms with Gasteiger partial charge in [0.1, 0.15) is 5.84 Å². The van der Waals surface area contributed by atoms with Crippen LogP contribution in [-0.4, -0.2) is 24.0 Å². The van der Waals surface area contributed by atoms with Crippen molar-refractivity contribution in [2.75, 3.05) is 18.3 Å². The summed E-state index contributed by atoms with van der Waals surface area (Å²) in [5.74, 6) is 1.90. The molecular weight excluding hydrogens is 290 g/mol. The van der Waals surface area contributed by atoms with E-state index in [1.807, 2.05) is 17.5 Å². The van der Waals surface area contributed by atoms with Crippen LogP contribution < -0.4 is 5.06 Å². The number of amidine groups is 1. The summed E-state index contributed by atoms with van der Waals surface area (Å²) in [6.45, 7) is 2.94. The van der Waals surface area contributed by atoms with E-state index >= 15 is 0 Å². The molecule has 0 spiro atoms. The lowest BCUT2D eigenvalue weighted by molar-refractivity contribution is 0.0812. The van der Waals surface area contributed by atoms with Crippen LogP contribution in [0.25, 0.3) is 10.6 Å². The number of aliphatic imine (C=N–C) groups is 1. The van der Waals surface area contributed by atoms with E-state index in [0.29, 0.717) is 11.9 Å². The van der Waals surface area contributed by atoms with E-state index in [9.17, 15) is 0 Å². The highest BCUT2D eigenvalue weighted by Gasteiger charge is 2.32. The number of rotatable bonds is 3. The van der Waals surface area contributed by atoms with Crippen LogP contribution >= 0.6 is 11.3 Å². The van der Waals surface area contributed by atoms with Crippen molar-refractivity contribution in [3.8, 4) is 10.6 Å². The molecule has 2 aromatic rings. The smallest absolute Gasteiger partial charge is 0.328 e. The zero-order valence-electron chi connectivity index (χ0n) is 11.3. The van der Waals surface area contributed by atoms with Crippen LogP contribution in [0, 0.1) is 12.6 Å². The normalized spacial score (nSPS) is 20.0. The molecule has 2 aliphatic rings. The Bertz CT molecular complexity index is 632. The molecule has 4 heterocycles. The van der Waals surface area contributed by atoms with Crippen molar-refractivity contribution in [2.24, 2.45) is 10.9 Å². The molecule has 1 fully saturated rings. The van der Waals surface area contributed by atoms with E-state index in [2.05, 4.69) is 9.98 Å². The van der Waals surface area contributed by atoms with Crippen molar-refractivity contribution in [1.29, 1.82) is 0 Å². The standard InChI is InChI=1S/C14H14N3O3S/c1-2-12(21-7-1)11-8-15-14(20-11)17-13(16-9-19-17)10-3-5-18-6-4-10/h1-2,7-10H,3-6H2. The van der Waals surface area contributed by atoms with Gasteiger partial charge < -0.3 is 9.15 Å². The Hall–Kier alpha value is -1.70. The molecule has 0 amide bonds. The van der Waals surface area contributed by atoms with Crippen molar-refractivity contribution in [3.63, 3.8) is 0 Å². The number of ether oxygens (including phenoxy) is 1. The van der Waals surface area contributed by atoms with Crippen LogP contribution in [0.5, 0.6) is 0 Å². The molecule has 0 N–H and O–H groups in total. The fourth-order valence-electron chi connectivity index (χ4n) is 2.49. The second-order valence-electron chi connectivity index (χ2n) is 4.86. The Morgan fingerprint density at radius 3 is 3.00 bits per heavy atom. The van der Waals surface area contributed by atoms with E-state index < -0.39 is 0 Å². The Morgan fingerprint density at radius 1 is 1.29 bits per heavy atom. The summed E-state index contributed by atoms with van der Waals surface area (Å²) in [5.41, 5.74) is 0. The van der Waals surface area contributed by atoms with Gasteiger partial charge in [-0.3, -0.25) is 0 Å². The lowest BCUT2D eigenvalue weighted by atomic mass is 9.99. The summed E-state index contributed by atoms with van der Waals surface area (Å²) in [6, 6.07) is 4.40. The fourth-order valence-corrected chi connectivity index (χ4v) is 3.16. The van der Waals surface area contributed by atoms with Crippen molar-refractivity contribution < 1.29 is 14.0 Å². The third-order valence-electron chi connectivity index (χ3n) is 3.56. The molecule has 21 heavy (non-hydrogen) atoms. The Labute approximate surface area is 126 Å². The maximum absolute atomic E-state index is 5.80. The molecule has 4 rings (SSSR count). The van der Waals surface area contributed by atoms with Crippen LogP contribution in [0.3, 0.4) is 0 Å². The van der Waals surface area contributed by atoms with Gasteiger partial charge in [0.05, 0.1) is 11.1 Å². The molecule has 0 aromatic carbocycles. The number of hydroxylamine groups is 1. The van der Waals surface area contributed by atoms with Crippen molar-refractivity contribution in [2.45, 2.75) is 12.8 Å². The quantitative estimate of drug-likeness (QED) is 0.872. The molecule has 1 radical (unpaired) electrons. The first-order chi connectivity index (χ1) is 10.4. The highest BCUT2D eigenvalue weighted by Crippen LogP contribution is 2.31. The predicted octanol–water partition coefficient (Wildman–Crippen LogP) is 3.10. The molecule has 6 nitrogen and oxygen atoms in total. The van der Waals surface area contributed by atoms with E-state index in [4.69, 9.17) is 14.0 Å². The first-order valence-corrected chi connectivity index (χ1v) is 7.73. The van der Waals surface area contributed by atoms with Gasteiger partial charge in [0.25, 0.3) is 0 Å². The summed E-state index contributed by atoms with van der Waals surface area (Å²) < 4.78 is 11.2. The van der Waals surface area contributed by atoms with Crippen LogP contribution in [-0.2, 0) is 9.57 Å². The number of thiophene rings is 1. The van der Waals surface area contributed by atoms with Gasteiger partial charge in [0, 0.05) is 19.1 Å². The first kappa shape index (κ1) is 13.0. The lowest BCUT2D eigenvalue weighted by Crippen LogP contribution is -2.35. The Kier molecular flexibility index (Phi) is 3.46. The maximum Gasteiger partial charge on any atom is 0.328 e. The van der Waals surface area contributed by atoms with Crippen LogP contribution in [0.4, 0.5) is 6.01 Å². The van der Waals surface area contributed by atoms with E-state index in [1.54, 1.807) is 22.6 Å². The summed E-state index contributed by atoms with van der Waals surface area (Å²) >= 11 is 1.61. The van der Waals surface area contributed by atoms with Crippen molar-refractivity contribution in [1.82, 2.24) is 4.98 Å². The van der Waals surface area contributed by atoms with E-state index in [1.165, 1.54) is 6.73 Å². The number of hydrogen-bond acceptors (Lipinski definition) is 7. The Morgan fingerprint density at radius 2 is 2.19 bits per heavy atom. The highest BCUT2D eigenvalue weighted by molar-refractivity contribution is 7.13. The number of nitrogens with zero attached hydrogens (tertiary/aromatic N) is 3. The zero-order chi connectivity index (χ0) is 14.1. The molecular formula is C14H14N3O3S. The predicted molar refractivity (Wildman–Crippen MR) is 78.7 cm³/mol. The van der Waals surface area contributed by atoms with Gasteiger partial charge in [-0.05, 0) is 24.3 Å². The van der Waals surface area contributed by atoms with Gasteiger partial charge in [-0.25, -0.2) is 9.83 Å². The first-order valence-electron chi connectivity index (χ1n) is 6.85. The van der Waals surface area contributed by atoms with Gasteiger partial charge in [-0.2, -0.15) is 10.0 Å². The second kappa shape index (κ2) is 5.59. The Balaban J connectivity index is 1.57. The monoisotopic (exact) mass is 304 g/mol. The minimum Gasteiger partial charge on any atom is -0.421 e. The molecule has 0 aliphatic carbocycles. The summed E-state index contributed by atoms with van der Waals surface area (Å²) in [7, 11) is 0. The summed E-state index contributed by atoms with van der Waals surface area (Å²) in [4.78, 5) is 15.1. The molecule has 1 saturated heterocycles. The third kappa shape index (κ3) is 2.48. The van der Waals surface area contributed by atoms with E-state index in [0.717, 1.165) is 42.5 Å². The number of oxazole rings is 1. The van der Waals surface area contributed by atoms with Crippen LogP contribution in [0.15, 0.2) is 33.1 Å². The second-order valence-corrected chi connectivity index (χ2v) is 5.81. The van der Waals surface area contributed by atoms with E-state index in [-0.39, 0.29) is 0 Å². The van der Waals surface area contributed by atoms with Gasteiger partial charge in [0.2, 0.25) is 6.73 Å². The molecule has 0 saturated carbocycles. The van der Waals surface area contributed by atoms with Crippen LogP contribution in [0.1, 0.15) is 12.8 Å². The molecule has 2 aromatic heterocycles. The number of aromatic nitrogens is 1. The minimum atomic E-state index is 0.314. The SMILES string of the molecule is [CH]1N=C(C2CCOCC2)N(c2ncc(-c3cccs3)o2)O1. The van der Waals surface area contributed by atoms with Gasteiger partial charge >= 0.3 is 6.01 Å². The minimum absolute atomic E-state index is 0.314. The van der Waals surface area contributed by atoms with Crippen molar-refractivity contribution >= 4 is 23.2 Å². The number of hydrogen-bond donors (Lipinski definition) is 0. The number of anilines is 1. The molecule has 109 valence electrons. The third-order valence-corrected chi connectivity index (χ3v) is 4.45. The average Bonchev–Trinajstić information content (AvgIpc) is 3.27.